The molecule has 1 heterocycles. The summed E-state index contributed by atoms with van der Waals surface area (Å²) in [6.07, 6.45) is 11.5. The number of nitrogens with two attached hydrogens (primary N) is 1. The van der Waals surface area contributed by atoms with Crippen LogP contribution in [0.25, 0.3) is 0 Å². The van der Waals surface area contributed by atoms with Crippen molar-refractivity contribution in [1.82, 2.24) is 4.90 Å². The molecular formula is C12H20N2O. The Morgan fingerprint density at radius 2 is 2.20 bits per heavy atom. The first-order valence-corrected chi connectivity index (χ1v) is 5.72. The standard InChI is InChI=1S/C12H20N2O/c1-15-12-7-3-2-6-11(12)14-8-4-5-10(13)9-14/h4-5,8,11-12H,2-3,6-7,9,13H2,1H3/t11-,12+/m0/s1. The number of hydrogen-bond donors (Lipinski definition) is 1. The highest BCUT2D eigenvalue weighted by Gasteiger charge is 2.29. The Morgan fingerprint density at radius 1 is 1.40 bits per heavy atom. The molecule has 0 saturated heterocycles. The predicted octanol–water partition coefficient (Wildman–Crippen LogP) is 1.62. The second-order valence-electron chi connectivity index (χ2n) is 4.38. The molecular weight excluding hydrogens is 188 g/mol. The zero-order chi connectivity index (χ0) is 10.7. The maximum atomic E-state index is 5.85. The molecule has 0 aromatic heterocycles. The van der Waals surface area contributed by atoms with Crippen molar-refractivity contribution in [2.75, 3.05) is 13.7 Å². The topological polar surface area (TPSA) is 38.5 Å². The first kappa shape index (κ1) is 10.6. The van der Waals surface area contributed by atoms with Gasteiger partial charge in [0.25, 0.3) is 0 Å². The van der Waals surface area contributed by atoms with Crippen LogP contribution in [-0.4, -0.2) is 30.7 Å². The van der Waals surface area contributed by atoms with Gasteiger partial charge >= 0.3 is 0 Å². The van der Waals surface area contributed by atoms with Gasteiger partial charge in [0.1, 0.15) is 0 Å². The molecule has 0 amide bonds. The molecule has 3 nitrogen and oxygen atoms in total. The van der Waals surface area contributed by atoms with E-state index in [2.05, 4.69) is 11.1 Å². The van der Waals surface area contributed by atoms with Gasteiger partial charge in [-0.2, -0.15) is 0 Å². The van der Waals surface area contributed by atoms with Crippen LogP contribution in [0.15, 0.2) is 24.0 Å². The van der Waals surface area contributed by atoms with Crippen LogP contribution < -0.4 is 5.73 Å². The van der Waals surface area contributed by atoms with Gasteiger partial charge in [0, 0.05) is 12.8 Å². The zero-order valence-electron chi connectivity index (χ0n) is 9.36. The molecule has 0 radical (unpaired) electrons. The lowest BCUT2D eigenvalue weighted by molar-refractivity contribution is 0.00728. The summed E-state index contributed by atoms with van der Waals surface area (Å²) in [5.41, 5.74) is 6.79. The van der Waals surface area contributed by atoms with E-state index >= 15 is 0 Å². The fourth-order valence-corrected chi connectivity index (χ4v) is 2.55. The minimum absolute atomic E-state index is 0.370. The molecule has 0 aromatic carbocycles. The van der Waals surface area contributed by atoms with E-state index in [1.807, 2.05) is 19.3 Å². The van der Waals surface area contributed by atoms with E-state index in [0.717, 1.165) is 12.2 Å². The van der Waals surface area contributed by atoms with Crippen molar-refractivity contribution in [3.63, 3.8) is 0 Å². The molecule has 0 aromatic rings. The molecule has 1 fully saturated rings. The van der Waals surface area contributed by atoms with E-state index < -0.39 is 0 Å². The van der Waals surface area contributed by atoms with Crippen molar-refractivity contribution in [2.24, 2.45) is 5.73 Å². The molecule has 2 rings (SSSR count). The van der Waals surface area contributed by atoms with E-state index in [9.17, 15) is 0 Å². The van der Waals surface area contributed by atoms with Gasteiger partial charge in [0.2, 0.25) is 0 Å². The summed E-state index contributed by atoms with van der Waals surface area (Å²) in [5.74, 6) is 0. The number of ether oxygens (including phenoxy) is 1. The van der Waals surface area contributed by atoms with Crippen molar-refractivity contribution in [2.45, 2.75) is 37.8 Å². The van der Waals surface area contributed by atoms with Crippen LogP contribution in [-0.2, 0) is 4.74 Å². The molecule has 1 aliphatic heterocycles. The van der Waals surface area contributed by atoms with E-state index in [1.165, 1.54) is 25.7 Å². The summed E-state index contributed by atoms with van der Waals surface area (Å²) in [7, 11) is 1.82. The SMILES string of the molecule is CO[C@@H]1CCCC[C@@H]1N1C=CC=C(N)C1. The maximum Gasteiger partial charge on any atom is 0.0774 e. The van der Waals surface area contributed by atoms with Crippen LogP contribution in [0.4, 0.5) is 0 Å². The van der Waals surface area contributed by atoms with Gasteiger partial charge < -0.3 is 15.4 Å². The predicted molar refractivity (Wildman–Crippen MR) is 61.2 cm³/mol. The molecule has 15 heavy (non-hydrogen) atoms. The van der Waals surface area contributed by atoms with Crippen molar-refractivity contribution in [3.05, 3.63) is 24.0 Å². The summed E-state index contributed by atoms with van der Waals surface area (Å²) in [5, 5.41) is 0. The zero-order valence-corrected chi connectivity index (χ0v) is 9.36. The number of nitrogens with zero attached hydrogens (tertiary/aromatic N) is 1. The fraction of sp³-hybridized carbons (Fsp3) is 0.667. The highest BCUT2D eigenvalue weighted by atomic mass is 16.5. The minimum Gasteiger partial charge on any atom is -0.401 e. The smallest absolute Gasteiger partial charge is 0.0774 e. The highest BCUT2D eigenvalue weighted by molar-refractivity contribution is 5.17. The van der Waals surface area contributed by atoms with Crippen LogP contribution >= 0.6 is 0 Å². The number of hydrogen-bond acceptors (Lipinski definition) is 3. The number of rotatable bonds is 2. The molecule has 84 valence electrons. The molecule has 0 bridgehead atoms. The van der Waals surface area contributed by atoms with Gasteiger partial charge in [-0.3, -0.25) is 0 Å². The van der Waals surface area contributed by atoms with Crippen LogP contribution in [0.5, 0.6) is 0 Å². The normalized spacial score (nSPS) is 31.5. The van der Waals surface area contributed by atoms with Gasteiger partial charge in [0.15, 0.2) is 0 Å². The second kappa shape index (κ2) is 4.71. The second-order valence-corrected chi connectivity index (χ2v) is 4.38. The first-order chi connectivity index (χ1) is 7.31. The third-order valence-corrected chi connectivity index (χ3v) is 3.35. The molecule has 2 atom stereocenters. The first-order valence-electron chi connectivity index (χ1n) is 5.72. The van der Waals surface area contributed by atoms with Crippen LogP contribution in [0.2, 0.25) is 0 Å². The quantitative estimate of drug-likeness (QED) is 0.749. The Kier molecular flexibility index (Phi) is 3.31. The Labute approximate surface area is 91.6 Å². The molecule has 2 aliphatic rings. The molecule has 2 N–H and O–H groups in total. The molecule has 1 saturated carbocycles. The van der Waals surface area contributed by atoms with E-state index in [0.29, 0.717) is 12.1 Å². The van der Waals surface area contributed by atoms with Crippen LogP contribution in [0.3, 0.4) is 0 Å². The Morgan fingerprint density at radius 3 is 2.93 bits per heavy atom. The Bertz CT molecular complexity index is 273. The van der Waals surface area contributed by atoms with Crippen molar-refractivity contribution in [3.8, 4) is 0 Å². The Balaban J connectivity index is 2.02. The van der Waals surface area contributed by atoms with E-state index in [1.54, 1.807) is 0 Å². The lowest BCUT2D eigenvalue weighted by Gasteiger charge is -2.39. The summed E-state index contributed by atoms with van der Waals surface area (Å²) in [4.78, 5) is 2.32. The summed E-state index contributed by atoms with van der Waals surface area (Å²) in [6, 6.07) is 0.507. The number of methoxy groups -OCH3 is 1. The lowest BCUT2D eigenvalue weighted by atomic mass is 9.91. The average molecular weight is 208 g/mol. The van der Waals surface area contributed by atoms with Crippen LogP contribution in [0, 0.1) is 0 Å². The summed E-state index contributed by atoms with van der Waals surface area (Å²) in [6.45, 7) is 0.848. The monoisotopic (exact) mass is 208 g/mol. The van der Waals surface area contributed by atoms with Gasteiger partial charge in [-0.25, -0.2) is 0 Å². The van der Waals surface area contributed by atoms with Crippen molar-refractivity contribution < 1.29 is 4.74 Å². The van der Waals surface area contributed by atoms with Crippen LogP contribution in [0.1, 0.15) is 25.7 Å². The van der Waals surface area contributed by atoms with Crippen molar-refractivity contribution in [1.29, 1.82) is 0 Å². The van der Waals surface area contributed by atoms with Gasteiger partial charge in [-0.15, -0.1) is 0 Å². The lowest BCUT2D eigenvalue weighted by Crippen LogP contribution is -2.45. The van der Waals surface area contributed by atoms with Gasteiger partial charge in [0.05, 0.1) is 18.7 Å². The molecule has 0 unspecified atom stereocenters. The average Bonchev–Trinajstić information content (AvgIpc) is 2.29. The summed E-state index contributed by atoms with van der Waals surface area (Å²) < 4.78 is 5.56. The van der Waals surface area contributed by atoms with E-state index in [-0.39, 0.29) is 0 Å². The fourth-order valence-electron chi connectivity index (χ4n) is 2.55. The largest absolute Gasteiger partial charge is 0.401 e. The van der Waals surface area contributed by atoms with Crippen molar-refractivity contribution >= 4 is 0 Å². The molecule has 3 heteroatoms. The third kappa shape index (κ3) is 2.34. The minimum atomic E-state index is 0.370. The van der Waals surface area contributed by atoms with Gasteiger partial charge in [-0.1, -0.05) is 12.8 Å². The molecule has 0 spiro atoms. The van der Waals surface area contributed by atoms with Gasteiger partial charge in [-0.05, 0) is 31.2 Å². The third-order valence-electron chi connectivity index (χ3n) is 3.35. The highest BCUT2D eigenvalue weighted by Crippen LogP contribution is 2.26. The number of allylic oxidation sites excluding steroid dienone is 2. The maximum absolute atomic E-state index is 5.85. The molecule has 1 aliphatic carbocycles. The van der Waals surface area contributed by atoms with E-state index in [4.69, 9.17) is 10.5 Å². The summed E-state index contributed by atoms with van der Waals surface area (Å²) >= 11 is 0. The Hall–Kier alpha value is -0.960.